The van der Waals surface area contributed by atoms with Gasteiger partial charge in [-0.3, -0.25) is 9.78 Å². The third kappa shape index (κ3) is 5.67. The summed E-state index contributed by atoms with van der Waals surface area (Å²) in [6, 6.07) is 21.8. The van der Waals surface area contributed by atoms with Gasteiger partial charge in [0, 0.05) is 24.7 Å². The number of sulfonamides is 1. The summed E-state index contributed by atoms with van der Waals surface area (Å²) in [5, 5.41) is 0.706. The Labute approximate surface area is 205 Å². The molecule has 2 aromatic heterocycles. The Morgan fingerprint density at radius 1 is 1.00 bits per heavy atom. The number of rotatable bonds is 10. The number of benzene rings is 2. The smallest absolute Gasteiger partial charge is 0.246 e. The first-order valence-electron chi connectivity index (χ1n) is 11.2. The normalized spacial score (nSPS) is 11.6. The van der Waals surface area contributed by atoms with Crippen molar-refractivity contribution in [2.45, 2.75) is 24.9 Å². The minimum absolute atomic E-state index is 0.0175. The highest BCUT2D eigenvalue weighted by Crippen LogP contribution is 2.24. The van der Waals surface area contributed by atoms with E-state index in [4.69, 9.17) is 4.42 Å². The molecule has 0 saturated heterocycles. The Bertz CT molecular complexity index is 1430. The maximum atomic E-state index is 13.7. The molecule has 0 bridgehead atoms. The molecule has 35 heavy (non-hydrogen) atoms. The van der Waals surface area contributed by atoms with Gasteiger partial charge < -0.3 is 9.32 Å². The molecule has 180 valence electrons. The van der Waals surface area contributed by atoms with Crippen molar-refractivity contribution in [3.63, 3.8) is 0 Å². The molecule has 8 heteroatoms. The molecule has 2 heterocycles. The number of hydrogen-bond donors (Lipinski definition) is 0. The number of carbonyl (C=O) groups is 1. The fourth-order valence-electron chi connectivity index (χ4n) is 3.86. The van der Waals surface area contributed by atoms with E-state index >= 15 is 0 Å². The van der Waals surface area contributed by atoms with Crippen LogP contribution in [0.15, 0.2) is 101 Å². The van der Waals surface area contributed by atoms with Crippen molar-refractivity contribution in [3.05, 3.63) is 109 Å². The van der Waals surface area contributed by atoms with E-state index in [1.54, 1.807) is 35.4 Å². The zero-order valence-corrected chi connectivity index (χ0v) is 20.3. The molecule has 0 aliphatic carbocycles. The third-order valence-electron chi connectivity index (χ3n) is 5.57. The van der Waals surface area contributed by atoms with Gasteiger partial charge in [0.2, 0.25) is 15.9 Å². The van der Waals surface area contributed by atoms with Crippen LogP contribution in [-0.4, -0.2) is 41.6 Å². The van der Waals surface area contributed by atoms with Crippen molar-refractivity contribution in [3.8, 4) is 0 Å². The first-order chi connectivity index (χ1) is 16.9. The van der Waals surface area contributed by atoms with E-state index in [-0.39, 0.29) is 30.4 Å². The lowest BCUT2D eigenvalue weighted by atomic mass is 10.2. The Hall–Kier alpha value is -3.75. The van der Waals surface area contributed by atoms with E-state index in [0.29, 0.717) is 23.2 Å². The quantitative estimate of drug-likeness (QED) is 0.305. The first-order valence-corrected chi connectivity index (χ1v) is 12.6. The van der Waals surface area contributed by atoms with Crippen molar-refractivity contribution >= 4 is 26.8 Å². The monoisotopic (exact) mass is 489 g/mol. The molecule has 0 aliphatic rings. The van der Waals surface area contributed by atoms with E-state index in [1.807, 2.05) is 49.4 Å². The maximum Gasteiger partial charge on any atom is 0.246 e. The number of aryl methyl sites for hydroxylation is 1. The van der Waals surface area contributed by atoms with Crippen molar-refractivity contribution in [1.29, 1.82) is 0 Å². The van der Waals surface area contributed by atoms with Crippen LogP contribution in [0, 0.1) is 6.92 Å². The van der Waals surface area contributed by atoms with Gasteiger partial charge in [-0.1, -0.05) is 54.6 Å². The zero-order valence-electron chi connectivity index (χ0n) is 19.5. The van der Waals surface area contributed by atoms with Crippen LogP contribution in [0.2, 0.25) is 0 Å². The molecule has 0 unspecified atom stereocenters. The summed E-state index contributed by atoms with van der Waals surface area (Å²) in [7, 11) is -4.03. The molecule has 0 spiro atoms. The average Bonchev–Trinajstić information content (AvgIpc) is 3.28. The highest BCUT2D eigenvalue weighted by molar-refractivity contribution is 7.89. The number of pyridine rings is 1. The predicted octanol–water partition coefficient (Wildman–Crippen LogP) is 4.54. The topological polar surface area (TPSA) is 83.7 Å². The summed E-state index contributed by atoms with van der Waals surface area (Å²) >= 11 is 0. The van der Waals surface area contributed by atoms with Crippen LogP contribution < -0.4 is 0 Å². The highest BCUT2D eigenvalue weighted by Gasteiger charge is 2.30. The van der Waals surface area contributed by atoms with E-state index in [2.05, 4.69) is 11.6 Å². The van der Waals surface area contributed by atoms with Crippen molar-refractivity contribution in [2.75, 3.05) is 13.1 Å². The molecular weight excluding hydrogens is 462 g/mol. The molecule has 0 atom stereocenters. The van der Waals surface area contributed by atoms with Crippen LogP contribution in [-0.2, 0) is 27.9 Å². The molecule has 0 aliphatic heterocycles. The fourth-order valence-corrected chi connectivity index (χ4v) is 5.39. The summed E-state index contributed by atoms with van der Waals surface area (Å²) in [6.45, 7) is 5.71. The number of fused-ring (bicyclic) bond motifs is 1. The summed E-state index contributed by atoms with van der Waals surface area (Å²) in [5.74, 6) is 1.02. The number of aromatic nitrogens is 1. The van der Waals surface area contributed by atoms with Crippen molar-refractivity contribution in [1.82, 2.24) is 14.2 Å². The van der Waals surface area contributed by atoms with E-state index in [1.165, 1.54) is 12.1 Å². The van der Waals surface area contributed by atoms with Gasteiger partial charge in [0.1, 0.15) is 16.4 Å². The molecular formula is C27H27N3O4S. The Kier molecular flexibility index (Phi) is 7.43. The Morgan fingerprint density at radius 2 is 1.77 bits per heavy atom. The molecule has 0 N–H and O–H groups in total. The lowest BCUT2D eigenvalue weighted by Crippen LogP contribution is -2.42. The van der Waals surface area contributed by atoms with Gasteiger partial charge in [-0.15, -0.1) is 6.58 Å². The van der Waals surface area contributed by atoms with Crippen LogP contribution in [0.4, 0.5) is 0 Å². The van der Waals surface area contributed by atoms with Gasteiger partial charge >= 0.3 is 0 Å². The van der Waals surface area contributed by atoms with E-state index in [0.717, 1.165) is 15.6 Å². The molecule has 1 amide bonds. The Balaban J connectivity index is 1.64. The standard InChI is InChI=1S/C27H27N3O4S/c1-3-17-30(35(32,33)25-13-7-11-23-12-8-16-28-27(23)25)20-26(31)29(18-22-9-5-4-6-10-22)19-24-15-14-21(2)34-24/h3-16H,1,17-20H2,2H3. The number of para-hydroxylation sites is 1. The minimum atomic E-state index is -4.03. The molecule has 0 fully saturated rings. The second kappa shape index (κ2) is 10.7. The number of carbonyl (C=O) groups excluding carboxylic acids is 1. The number of furan rings is 1. The van der Waals surface area contributed by atoms with Gasteiger partial charge in [0.25, 0.3) is 0 Å². The Morgan fingerprint density at radius 3 is 2.49 bits per heavy atom. The van der Waals surface area contributed by atoms with E-state index < -0.39 is 10.0 Å². The van der Waals surface area contributed by atoms with Crippen molar-refractivity contribution in [2.24, 2.45) is 0 Å². The fraction of sp³-hybridized carbons (Fsp3) is 0.185. The first kappa shape index (κ1) is 24.4. The second-order valence-electron chi connectivity index (χ2n) is 8.17. The lowest BCUT2D eigenvalue weighted by molar-refractivity contribution is -0.132. The maximum absolute atomic E-state index is 13.7. The van der Waals surface area contributed by atoms with Gasteiger partial charge in [0.05, 0.1) is 18.6 Å². The summed E-state index contributed by atoms with van der Waals surface area (Å²) in [4.78, 5) is 19.4. The number of hydrogen-bond acceptors (Lipinski definition) is 5. The van der Waals surface area contributed by atoms with Gasteiger partial charge in [-0.25, -0.2) is 8.42 Å². The highest BCUT2D eigenvalue weighted by atomic mass is 32.2. The zero-order chi connectivity index (χ0) is 24.8. The van der Waals surface area contributed by atoms with Gasteiger partial charge in [-0.2, -0.15) is 4.31 Å². The summed E-state index contributed by atoms with van der Waals surface area (Å²) in [5.41, 5.74) is 1.30. The minimum Gasteiger partial charge on any atom is -0.464 e. The largest absolute Gasteiger partial charge is 0.464 e. The molecule has 4 aromatic rings. The van der Waals surface area contributed by atoms with E-state index in [9.17, 15) is 13.2 Å². The van der Waals surface area contributed by atoms with Crippen molar-refractivity contribution < 1.29 is 17.6 Å². The number of amides is 1. The molecule has 0 saturated carbocycles. The molecule has 4 rings (SSSR count). The molecule has 0 radical (unpaired) electrons. The summed E-state index contributed by atoms with van der Waals surface area (Å²) in [6.07, 6.45) is 3.03. The summed E-state index contributed by atoms with van der Waals surface area (Å²) < 4.78 is 34.2. The SMILES string of the molecule is C=CCN(CC(=O)N(Cc1ccccc1)Cc1ccc(C)o1)S(=O)(=O)c1cccc2cccnc12. The average molecular weight is 490 g/mol. The number of nitrogens with zero attached hydrogens (tertiary/aromatic N) is 3. The van der Waals surface area contributed by atoms with Gasteiger partial charge in [-0.05, 0) is 36.8 Å². The lowest BCUT2D eigenvalue weighted by Gasteiger charge is -2.26. The molecule has 2 aromatic carbocycles. The third-order valence-corrected chi connectivity index (χ3v) is 7.41. The predicted molar refractivity (Wildman–Crippen MR) is 135 cm³/mol. The van der Waals surface area contributed by atoms with Crippen LogP contribution in [0.1, 0.15) is 17.1 Å². The van der Waals surface area contributed by atoms with Crippen LogP contribution in [0.25, 0.3) is 10.9 Å². The van der Waals surface area contributed by atoms with Crippen LogP contribution >= 0.6 is 0 Å². The van der Waals surface area contributed by atoms with Crippen LogP contribution in [0.3, 0.4) is 0 Å². The van der Waals surface area contributed by atoms with Crippen LogP contribution in [0.5, 0.6) is 0 Å². The van der Waals surface area contributed by atoms with Gasteiger partial charge in [0.15, 0.2) is 0 Å². The second-order valence-corrected chi connectivity index (χ2v) is 10.1. The molecule has 7 nitrogen and oxygen atoms in total.